The maximum Gasteiger partial charge on any atom is 0.416 e. The van der Waals surface area contributed by atoms with Gasteiger partial charge in [0.1, 0.15) is 4.75 Å². The highest BCUT2D eigenvalue weighted by molar-refractivity contribution is 7.90. The highest BCUT2D eigenvalue weighted by Gasteiger charge is 2.31. The van der Waals surface area contributed by atoms with Gasteiger partial charge in [0.05, 0.1) is 11.6 Å². The summed E-state index contributed by atoms with van der Waals surface area (Å²) in [5.41, 5.74) is 0.590. The Bertz CT molecular complexity index is 756. The topological polar surface area (TPSA) is 60.9 Å². The predicted octanol–water partition coefficient (Wildman–Crippen LogP) is 5.30. The van der Waals surface area contributed by atoms with Crippen molar-refractivity contribution in [3.63, 3.8) is 0 Å². The average Bonchev–Trinajstić information content (AvgIpc) is 2.59. The molecule has 1 heterocycles. The minimum absolute atomic E-state index is 0.179. The van der Waals surface area contributed by atoms with Crippen LogP contribution in [0.1, 0.15) is 58.2 Å². The van der Waals surface area contributed by atoms with Gasteiger partial charge in [-0.25, -0.2) is 9.97 Å². The highest BCUT2D eigenvalue weighted by Crippen LogP contribution is 2.30. The van der Waals surface area contributed by atoms with Crippen LogP contribution >= 0.6 is 0 Å². The Kier molecular flexibility index (Phi) is 7.12. The third-order valence-corrected chi connectivity index (χ3v) is 5.67. The summed E-state index contributed by atoms with van der Waals surface area (Å²) in [6.07, 6.45) is -0.341. The van der Waals surface area contributed by atoms with E-state index < -0.39 is 27.8 Å². The molecule has 8 heteroatoms. The van der Waals surface area contributed by atoms with E-state index in [2.05, 4.69) is 28.5 Å². The number of halogens is 3. The molecule has 1 unspecified atom stereocenters. The predicted molar refractivity (Wildman–Crippen MR) is 106 cm³/mol. The minimum atomic E-state index is -4.37. The van der Waals surface area contributed by atoms with Crippen molar-refractivity contribution in [3.05, 3.63) is 47.8 Å². The third-order valence-electron chi connectivity index (χ3n) is 4.06. The molecule has 0 aliphatic carbocycles. The SMILES string of the molecule is CC(C)C[C@H](N[S+]([O-])C(C)(C)C)c1cnc(-c2ccc(C(F)(F)F)cc2)nc1. The lowest BCUT2D eigenvalue weighted by Gasteiger charge is -2.28. The summed E-state index contributed by atoms with van der Waals surface area (Å²) >= 11 is -1.25. The Morgan fingerprint density at radius 1 is 1.04 bits per heavy atom. The lowest BCUT2D eigenvalue weighted by atomic mass is 10.00. The monoisotopic (exact) mass is 413 g/mol. The number of hydrogen-bond acceptors (Lipinski definition) is 4. The van der Waals surface area contributed by atoms with Gasteiger partial charge in [-0.05, 0) is 45.2 Å². The molecule has 4 nitrogen and oxygen atoms in total. The average molecular weight is 414 g/mol. The molecule has 0 spiro atoms. The number of benzene rings is 1. The fourth-order valence-electron chi connectivity index (χ4n) is 2.50. The van der Waals surface area contributed by atoms with Gasteiger partial charge in [-0.1, -0.05) is 26.0 Å². The smallest absolute Gasteiger partial charge is 0.416 e. The summed E-state index contributed by atoms with van der Waals surface area (Å²) in [5, 5.41) is 0. The first-order valence-electron chi connectivity index (χ1n) is 9.05. The van der Waals surface area contributed by atoms with Crippen LogP contribution in [0.15, 0.2) is 36.7 Å². The van der Waals surface area contributed by atoms with E-state index in [0.29, 0.717) is 17.3 Å². The van der Waals surface area contributed by atoms with E-state index in [4.69, 9.17) is 0 Å². The molecule has 2 rings (SSSR count). The van der Waals surface area contributed by atoms with Crippen molar-refractivity contribution in [1.82, 2.24) is 14.7 Å². The minimum Gasteiger partial charge on any atom is -0.598 e. The Labute approximate surface area is 167 Å². The van der Waals surface area contributed by atoms with Crippen molar-refractivity contribution in [2.24, 2.45) is 5.92 Å². The van der Waals surface area contributed by atoms with Crippen LogP contribution in [-0.2, 0) is 17.5 Å². The first-order valence-corrected chi connectivity index (χ1v) is 10.2. The standard InChI is InChI=1S/C20H26F3N3OS/c1-13(2)10-17(26-28(27)19(3,4)5)15-11-24-18(25-12-15)14-6-8-16(9-7-14)20(21,22)23/h6-9,11-13,17,26H,10H2,1-5H3/t17-,28?/m0/s1. The van der Waals surface area contributed by atoms with Gasteiger partial charge in [-0.3, -0.25) is 0 Å². The van der Waals surface area contributed by atoms with Gasteiger partial charge in [0.2, 0.25) is 0 Å². The molecule has 1 aromatic heterocycles. The zero-order valence-corrected chi connectivity index (χ0v) is 17.5. The molecule has 154 valence electrons. The van der Waals surface area contributed by atoms with Crippen molar-refractivity contribution in [2.45, 2.75) is 58.0 Å². The van der Waals surface area contributed by atoms with Crippen LogP contribution in [0.5, 0.6) is 0 Å². The second-order valence-corrected chi connectivity index (χ2v) is 10.1. The molecule has 2 atom stereocenters. The second kappa shape index (κ2) is 8.80. The number of rotatable bonds is 6. The summed E-state index contributed by atoms with van der Waals surface area (Å²) in [4.78, 5) is 8.61. The lowest BCUT2D eigenvalue weighted by Crippen LogP contribution is -2.41. The van der Waals surface area contributed by atoms with Crippen LogP contribution < -0.4 is 4.72 Å². The Balaban J connectivity index is 2.22. The van der Waals surface area contributed by atoms with Gasteiger partial charge >= 0.3 is 6.18 Å². The molecule has 2 aromatic rings. The van der Waals surface area contributed by atoms with Crippen LogP contribution in [0.3, 0.4) is 0 Å². The first kappa shape index (κ1) is 22.6. The Hall–Kier alpha value is -1.64. The quantitative estimate of drug-likeness (QED) is 0.653. The van der Waals surface area contributed by atoms with Gasteiger partial charge < -0.3 is 4.55 Å². The van der Waals surface area contributed by atoms with Crippen LogP contribution in [0, 0.1) is 5.92 Å². The van der Waals surface area contributed by atoms with Crippen molar-refractivity contribution in [3.8, 4) is 11.4 Å². The van der Waals surface area contributed by atoms with Crippen LogP contribution in [0.2, 0.25) is 0 Å². The van der Waals surface area contributed by atoms with Crippen molar-refractivity contribution < 1.29 is 17.7 Å². The first-order chi connectivity index (χ1) is 12.9. The van der Waals surface area contributed by atoms with Gasteiger partial charge in [0, 0.05) is 34.9 Å². The van der Waals surface area contributed by atoms with E-state index in [-0.39, 0.29) is 6.04 Å². The van der Waals surface area contributed by atoms with E-state index in [1.807, 2.05) is 20.8 Å². The number of hydrogen-bond donors (Lipinski definition) is 1. The van der Waals surface area contributed by atoms with Crippen molar-refractivity contribution >= 4 is 11.4 Å². The van der Waals surface area contributed by atoms with Gasteiger partial charge in [0.15, 0.2) is 5.82 Å². The molecule has 0 aliphatic rings. The van der Waals surface area contributed by atoms with E-state index in [1.165, 1.54) is 12.1 Å². The molecule has 0 bridgehead atoms. The fourth-order valence-corrected chi connectivity index (χ4v) is 3.35. The molecule has 0 saturated carbocycles. The van der Waals surface area contributed by atoms with Gasteiger partial charge in [-0.2, -0.15) is 13.2 Å². The number of nitrogens with one attached hydrogen (secondary N) is 1. The zero-order valence-electron chi connectivity index (χ0n) is 16.7. The van der Waals surface area contributed by atoms with Gasteiger partial charge in [-0.15, -0.1) is 4.72 Å². The summed E-state index contributed by atoms with van der Waals surface area (Å²) in [6.45, 7) is 9.84. The summed E-state index contributed by atoms with van der Waals surface area (Å²) < 4.78 is 53.3. The van der Waals surface area contributed by atoms with Crippen LogP contribution in [0.25, 0.3) is 11.4 Å². The molecule has 0 fully saturated rings. The molecule has 0 amide bonds. The van der Waals surface area contributed by atoms with E-state index in [0.717, 1.165) is 24.1 Å². The second-order valence-electron chi connectivity index (χ2n) is 8.10. The summed E-state index contributed by atoms with van der Waals surface area (Å²) in [7, 11) is 0. The maximum absolute atomic E-state index is 12.7. The molecule has 0 radical (unpaired) electrons. The van der Waals surface area contributed by atoms with Gasteiger partial charge in [0.25, 0.3) is 0 Å². The third kappa shape index (κ3) is 6.18. The summed E-state index contributed by atoms with van der Waals surface area (Å²) in [6, 6.07) is 4.57. The van der Waals surface area contributed by atoms with Crippen LogP contribution in [0.4, 0.5) is 13.2 Å². The van der Waals surface area contributed by atoms with E-state index in [1.54, 1.807) is 12.4 Å². The molecular formula is C20H26F3N3OS. The molecule has 1 N–H and O–H groups in total. The largest absolute Gasteiger partial charge is 0.598 e. The summed E-state index contributed by atoms with van der Waals surface area (Å²) in [5.74, 6) is 0.710. The zero-order chi connectivity index (χ0) is 21.1. The Morgan fingerprint density at radius 3 is 2.00 bits per heavy atom. The van der Waals surface area contributed by atoms with E-state index >= 15 is 0 Å². The molecule has 28 heavy (non-hydrogen) atoms. The molecule has 1 aromatic carbocycles. The van der Waals surface area contributed by atoms with E-state index in [9.17, 15) is 17.7 Å². The number of alkyl halides is 3. The molecule has 0 aliphatic heterocycles. The van der Waals surface area contributed by atoms with Crippen molar-refractivity contribution in [2.75, 3.05) is 0 Å². The number of nitrogens with zero attached hydrogens (tertiary/aromatic N) is 2. The molecular weight excluding hydrogens is 387 g/mol. The molecule has 0 saturated heterocycles. The fraction of sp³-hybridized carbons (Fsp3) is 0.500. The van der Waals surface area contributed by atoms with Crippen LogP contribution in [-0.4, -0.2) is 19.3 Å². The Morgan fingerprint density at radius 2 is 1.57 bits per heavy atom. The van der Waals surface area contributed by atoms with Crippen molar-refractivity contribution in [1.29, 1.82) is 0 Å². The lowest BCUT2D eigenvalue weighted by molar-refractivity contribution is -0.137. The maximum atomic E-state index is 12.7. The normalized spacial score (nSPS) is 14.9. The highest BCUT2D eigenvalue weighted by atomic mass is 32.2. The number of aromatic nitrogens is 2.